The molecule has 0 saturated heterocycles. The third-order valence-corrected chi connectivity index (χ3v) is 5.06. The quantitative estimate of drug-likeness (QED) is 0.443. The third kappa shape index (κ3) is 4.94. The summed E-state index contributed by atoms with van der Waals surface area (Å²) in [5, 5.41) is 8.15. The first-order valence-corrected chi connectivity index (χ1v) is 10.3. The number of carbonyl (C=O) groups is 1. The number of amides is 1. The Morgan fingerprint density at radius 2 is 1.76 bits per heavy atom. The molecular weight excluding hydrogens is 384 g/mol. The summed E-state index contributed by atoms with van der Waals surface area (Å²) < 4.78 is 7.06. The molecule has 0 radical (unpaired) electrons. The fraction of sp³-hybridized carbons (Fsp3) is 0.136. The lowest BCUT2D eigenvalue weighted by Gasteiger charge is -2.05. The number of thioether (sulfide) groups is 1. The van der Waals surface area contributed by atoms with Crippen LogP contribution in [0.3, 0.4) is 0 Å². The predicted molar refractivity (Wildman–Crippen MR) is 113 cm³/mol. The Morgan fingerprint density at radius 1 is 1.00 bits per heavy atom. The summed E-state index contributed by atoms with van der Waals surface area (Å²) >= 11 is 1.47. The van der Waals surface area contributed by atoms with Crippen molar-refractivity contribution in [2.75, 3.05) is 5.75 Å². The largest absolute Gasteiger partial charge is 0.467 e. The first-order chi connectivity index (χ1) is 14.3. The van der Waals surface area contributed by atoms with Crippen LogP contribution in [0, 0.1) is 0 Å². The molecule has 0 atom stereocenters. The van der Waals surface area contributed by atoms with Gasteiger partial charge in [-0.3, -0.25) is 4.79 Å². The van der Waals surface area contributed by atoms with Crippen molar-refractivity contribution >= 4 is 17.7 Å². The Bertz CT molecular complexity index is 990. The van der Waals surface area contributed by atoms with E-state index in [0.29, 0.717) is 23.9 Å². The first-order valence-electron chi connectivity index (χ1n) is 9.29. The van der Waals surface area contributed by atoms with E-state index in [-0.39, 0.29) is 5.91 Å². The molecular formula is C22H20N4O2S. The van der Waals surface area contributed by atoms with Crippen LogP contribution in [-0.2, 0) is 11.3 Å². The number of aromatic nitrogens is 3. The van der Waals surface area contributed by atoms with Crippen molar-refractivity contribution in [3.8, 4) is 17.1 Å². The van der Waals surface area contributed by atoms with E-state index in [1.807, 2.05) is 71.4 Å². The zero-order valence-electron chi connectivity index (χ0n) is 15.7. The van der Waals surface area contributed by atoms with Crippen molar-refractivity contribution in [3.63, 3.8) is 0 Å². The van der Waals surface area contributed by atoms with Gasteiger partial charge in [-0.1, -0.05) is 60.3 Å². The molecule has 2 aromatic heterocycles. The number of hydrogen-bond acceptors (Lipinski definition) is 5. The van der Waals surface area contributed by atoms with Crippen LogP contribution in [0.2, 0.25) is 0 Å². The topological polar surface area (TPSA) is 73.0 Å². The average Bonchev–Trinajstić information content (AvgIpc) is 3.44. The van der Waals surface area contributed by atoms with Crippen molar-refractivity contribution in [2.24, 2.45) is 0 Å². The van der Waals surface area contributed by atoms with E-state index in [4.69, 9.17) is 9.40 Å². The number of hydrogen-bond donors (Lipinski definition) is 1. The van der Waals surface area contributed by atoms with E-state index >= 15 is 0 Å². The maximum absolute atomic E-state index is 12.0. The van der Waals surface area contributed by atoms with Gasteiger partial charge in [0.2, 0.25) is 11.1 Å². The Labute approximate surface area is 173 Å². The summed E-state index contributed by atoms with van der Waals surface area (Å²) in [5.74, 6) is 2.08. The summed E-state index contributed by atoms with van der Waals surface area (Å²) in [6, 6.07) is 23.5. The van der Waals surface area contributed by atoms with Crippen LogP contribution in [0.5, 0.6) is 0 Å². The number of carbonyl (C=O) groups excluding carboxylic acids is 1. The minimum Gasteiger partial charge on any atom is -0.467 e. The van der Waals surface area contributed by atoms with E-state index in [1.165, 1.54) is 11.8 Å². The van der Waals surface area contributed by atoms with Crippen molar-refractivity contribution < 1.29 is 9.21 Å². The zero-order valence-corrected chi connectivity index (χ0v) is 16.5. The highest BCUT2D eigenvalue weighted by Crippen LogP contribution is 2.25. The Kier molecular flexibility index (Phi) is 6.07. The van der Waals surface area contributed by atoms with Crippen molar-refractivity contribution in [3.05, 3.63) is 84.8 Å². The Balaban J connectivity index is 1.42. The highest BCUT2D eigenvalue weighted by atomic mass is 32.2. The normalized spacial score (nSPS) is 10.8. The van der Waals surface area contributed by atoms with Crippen LogP contribution < -0.4 is 5.32 Å². The maximum atomic E-state index is 12.0. The second-order valence-corrected chi connectivity index (χ2v) is 7.35. The molecule has 0 aliphatic carbocycles. The molecule has 146 valence electrons. The lowest BCUT2D eigenvalue weighted by molar-refractivity contribution is -0.120. The molecule has 7 heteroatoms. The molecule has 4 aromatic rings. The van der Waals surface area contributed by atoms with Gasteiger partial charge in [-0.05, 0) is 24.3 Å². The van der Waals surface area contributed by atoms with Gasteiger partial charge >= 0.3 is 0 Å². The van der Waals surface area contributed by atoms with E-state index in [0.717, 1.165) is 22.8 Å². The van der Waals surface area contributed by atoms with Gasteiger partial charge in [-0.2, -0.15) is 0 Å². The lowest BCUT2D eigenvalue weighted by Crippen LogP contribution is -2.22. The van der Waals surface area contributed by atoms with Crippen LogP contribution in [0.15, 0.2) is 88.6 Å². The Morgan fingerprint density at radius 3 is 2.48 bits per heavy atom. The van der Waals surface area contributed by atoms with Gasteiger partial charge in [0, 0.05) is 17.7 Å². The molecule has 0 fully saturated rings. The number of rotatable bonds is 8. The van der Waals surface area contributed by atoms with Crippen LogP contribution in [0.1, 0.15) is 12.2 Å². The lowest BCUT2D eigenvalue weighted by atomic mass is 10.2. The predicted octanol–water partition coefficient (Wildman–Crippen LogP) is 4.33. The number of furan rings is 1. The van der Waals surface area contributed by atoms with E-state index in [2.05, 4.69) is 10.4 Å². The van der Waals surface area contributed by atoms with Gasteiger partial charge in [0.25, 0.3) is 0 Å². The highest BCUT2D eigenvalue weighted by Gasteiger charge is 2.14. The minimum atomic E-state index is -0.0281. The van der Waals surface area contributed by atoms with Crippen LogP contribution in [-0.4, -0.2) is 26.4 Å². The molecule has 0 unspecified atom stereocenters. The SMILES string of the molecule is O=C(CCSc1nc(-c2ccccc2)n(-c2ccccc2)n1)NCc1ccco1. The van der Waals surface area contributed by atoms with Crippen molar-refractivity contribution in [1.82, 2.24) is 20.1 Å². The summed E-state index contributed by atoms with van der Waals surface area (Å²) in [7, 11) is 0. The van der Waals surface area contributed by atoms with Crippen molar-refractivity contribution in [1.29, 1.82) is 0 Å². The van der Waals surface area contributed by atoms with Crippen LogP contribution in [0.25, 0.3) is 17.1 Å². The van der Waals surface area contributed by atoms with Gasteiger partial charge in [-0.15, -0.1) is 5.10 Å². The Hall–Kier alpha value is -3.32. The van der Waals surface area contributed by atoms with E-state index in [1.54, 1.807) is 12.3 Å². The zero-order chi connectivity index (χ0) is 19.9. The second-order valence-electron chi connectivity index (χ2n) is 6.29. The summed E-state index contributed by atoms with van der Waals surface area (Å²) in [5.41, 5.74) is 1.94. The highest BCUT2D eigenvalue weighted by molar-refractivity contribution is 7.99. The van der Waals surface area contributed by atoms with E-state index < -0.39 is 0 Å². The van der Waals surface area contributed by atoms with Gasteiger partial charge < -0.3 is 9.73 Å². The fourth-order valence-corrected chi connectivity index (χ4v) is 3.56. The van der Waals surface area contributed by atoms with Gasteiger partial charge in [0.15, 0.2) is 5.82 Å². The molecule has 0 aliphatic rings. The molecule has 6 nitrogen and oxygen atoms in total. The van der Waals surface area contributed by atoms with Gasteiger partial charge in [0.05, 0.1) is 18.5 Å². The van der Waals surface area contributed by atoms with Gasteiger partial charge in [-0.25, -0.2) is 9.67 Å². The minimum absolute atomic E-state index is 0.0281. The summed E-state index contributed by atoms with van der Waals surface area (Å²) in [6.45, 7) is 0.398. The molecule has 0 spiro atoms. The van der Waals surface area contributed by atoms with Gasteiger partial charge in [0.1, 0.15) is 5.76 Å². The molecule has 0 bridgehead atoms. The average molecular weight is 404 g/mol. The number of nitrogens with one attached hydrogen (secondary N) is 1. The third-order valence-electron chi connectivity index (χ3n) is 4.22. The molecule has 2 aromatic carbocycles. The van der Waals surface area contributed by atoms with Crippen LogP contribution >= 0.6 is 11.8 Å². The number of benzene rings is 2. The molecule has 1 amide bonds. The molecule has 0 saturated carbocycles. The van der Waals surface area contributed by atoms with E-state index in [9.17, 15) is 4.79 Å². The number of para-hydroxylation sites is 1. The monoisotopic (exact) mass is 404 g/mol. The fourth-order valence-electron chi connectivity index (χ4n) is 2.80. The number of nitrogens with zero attached hydrogens (tertiary/aromatic N) is 3. The molecule has 1 N–H and O–H groups in total. The summed E-state index contributed by atoms with van der Waals surface area (Å²) in [4.78, 5) is 16.7. The molecule has 29 heavy (non-hydrogen) atoms. The standard InChI is InChI=1S/C22H20N4O2S/c27-20(23-16-19-12-7-14-28-19)13-15-29-22-24-21(17-8-3-1-4-9-17)26(25-22)18-10-5-2-6-11-18/h1-12,14H,13,15-16H2,(H,23,27). The smallest absolute Gasteiger partial charge is 0.221 e. The maximum Gasteiger partial charge on any atom is 0.221 e. The van der Waals surface area contributed by atoms with Crippen molar-refractivity contribution in [2.45, 2.75) is 18.1 Å². The molecule has 2 heterocycles. The molecule has 4 rings (SSSR count). The first kappa shape index (κ1) is 19.0. The second kappa shape index (κ2) is 9.25. The molecule has 0 aliphatic heterocycles. The summed E-state index contributed by atoms with van der Waals surface area (Å²) in [6.07, 6.45) is 1.97. The van der Waals surface area contributed by atoms with Crippen LogP contribution in [0.4, 0.5) is 0 Å².